The van der Waals surface area contributed by atoms with Crippen LogP contribution in [0.15, 0.2) is 18.2 Å². The van der Waals surface area contributed by atoms with Gasteiger partial charge < -0.3 is 15.4 Å². The number of carbonyl (C=O) groups is 1. The van der Waals surface area contributed by atoms with Crippen LogP contribution in [0, 0.1) is 5.92 Å². The third-order valence-corrected chi connectivity index (χ3v) is 4.11. The van der Waals surface area contributed by atoms with Gasteiger partial charge in [0.2, 0.25) is 0 Å². The van der Waals surface area contributed by atoms with Crippen LogP contribution < -0.4 is 15.4 Å². The molecule has 1 atom stereocenters. The molecular weight excluding hydrogens is 240 g/mol. The van der Waals surface area contributed by atoms with Crippen molar-refractivity contribution >= 4 is 17.3 Å². The fourth-order valence-electron chi connectivity index (χ4n) is 3.07. The van der Waals surface area contributed by atoms with Crippen LogP contribution in [-0.2, 0) is 4.79 Å². The molecule has 3 rings (SSSR count). The molecule has 4 heteroatoms. The highest BCUT2D eigenvalue weighted by atomic mass is 16.5. The average molecular weight is 260 g/mol. The van der Waals surface area contributed by atoms with Crippen LogP contribution in [0.25, 0.3) is 0 Å². The van der Waals surface area contributed by atoms with Crippen LogP contribution in [-0.4, -0.2) is 18.6 Å². The fraction of sp³-hybridized carbons (Fsp3) is 0.533. The number of anilines is 2. The minimum atomic E-state index is -0.421. The van der Waals surface area contributed by atoms with E-state index in [9.17, 15) is 4.79 Å². The highest BCUT2D eigenvalue weighted by molar-refractivity contribution is 6.00. The molecule has 1 fully saturated rings. The Morgan fingerprint density at radius 3 is 2.84 bits per heavy atom. The molecule has 4 nitrogen and oxygen atoms in total. The number of rotatable bonds is 2. The number of benzene rings is 1. The lowest BCUT2D eigenvalue weighted by molar-refractivity contribution is -0.125. The first-order valence-corrected chi connectivity index (χ1v) is 7.02. The molecule has 19 heavy (non-hydrogen) atoms. The summed E-state index contributed by atoms with van der Waals surface area (Å²) in [6, 6.07) is 5.52. The lowest BCUT2D eigenvalue weighted by Crippen LogP contribution is -2.46. The molecule has 1 aliphatic carbocycles. The highest BCUT2D eigenvalue weighted by Gasteiger charge is 2.33. The van der Waals surface area contributed by atoms with Gasteiger partial charge in [-0.3, -0.25) is 4.79 Å². The highest BCUT2D eigenvalue weighted by Crippen LogP contribution is 2.37. The predicted molar refractivity (Wildman–Crippen MR) is 75.3 cm³/mol. The van der Waals surface area contributed by atoms with Crippen molar-refractivity contribution in [1.82, 2.24) is 0 Å². The van der Waals surface area contributed by atoms with E-state index in [0.717, 1.165) is 18.0 Å². The van der Waals surface area contributed by atoms with Gasteiger partial charge >= 0.3 is 0 Å². The van der Waals surface area contributed by atoms with Crippen molar-refractivity contribution in [1.29, 1.82) is 0 Å². The minimum absolute atomic E-state index is 0.0594. The Labute approximate surface area is 113 Å². The van der Waals surface area contributed by atoms with Crippen LogP contribution in [0.4, 0.5) is 11.4 Å². The van der Waals surface area contributed by atoms with Crippen LogP contribution in [0.2, 0.25) is 0 Å². The zero-order valence-electron chi connectivity index (χ0n) is 11.3. The largest absolute Gasteiger partial charge is 0.479 e. The maximum atomic E-state index is 12.3. The Kier molecular flexibility index (Phi) is 3.09. The number of fused-ring (bicyclic) bond motifs is 1. The number of hydrogen-bond donors (Lipinski definition) is 1. The summed E-state index contributed by atoms with van der Waals surface area (Å²) in [5, 5.41) is 0. The summed E-state index contributed by atoms with van der Waals surface area (Å²) in [4.78, 5) is 14.2. The molecule has 1 amide bonds. The topological polar surface area (TPSA) is 55.6 Å². The van der Waals surface area contributed by atoms with Gasteiger partial charge in [0.25, 0.3) is 5.91 Å². The summed E-state index contributed by atoms with van der Waals surface area (Å²) in [5.41, 5.74) is 7.32. The van der Waals surface area contributed by atoms with Gasteiger partial charge in [-0.2, -0.15) is 0 Å². The molecule has 1 aromatic carbocycles. The zero-order valence-corrected chi connectivity index (χ0v) is 11.3. The summed E-state index contributed by atoms with van der Waals surface area (Å²) in [6.45, 7) is 2.61. The van der Waals surface area contributed by atoms with E-state index in [0.29, 0.717) is 11.6 Å². The van der Waals surface area contributed by atoms with Crippen LogP contribution in [0.3, 0.4) is 0 Å². The Balaban J connectivity index is 1.90. The molecule has 2 aliphatic rings. The molecule has 1 unspecified atom stereocenters. The molecule has 1 aromatic rings. The van der Waals surface area contributed by atoms with Crippen molar-refractivity contribution in [3.8, 4) is 5.75 Å². The number of carbonyl (C=O) groups excluding carboxylic acids is 1. The van der Waals surface area contributed by atoms with E-state index in [1.54, 1.807) is 13.0 Å². The van der Waals surface area contributed by atoms with E-state index < -0.39 is 6.10 Å². The van der Waals surface area contributed by atoms with Gasteiger partial charge in [-0.1, -0.05) is 12.8 Å². The van der Waals surface area contributed by atoms with Crippen molar-refractivity contribution in [2.24, 2.45) is 5.92 Å². The van der Waals surface area contributed by atoms with Crippen LogP contribution in [0.1, 0.15) is 32.6 Å². The van der Waals surface area contributed by atoms with Gasteiger partial charge in [-0.15, -0.1) is 0 Å². The van der Waals surface area contributed by atoms with Gasteiger partial charge in [0.15, 0.2) is 6.10 Å². The molecule has 2 N–H and O–H groups in total. The summed E-state index contributed by atoms with van der Waals surface area (Å²) >= 11 is 0. The maximum absolute atomic E-state index is 12.3. The SMILES string of the molecule is CC1Oc2cc(N)ccc2N(CC2CCCC2)C1=O. The first-order chi connectivity index (χ1) is 9.15. The summed E-state index contributed by atoms with van der Waals surface area (Å²) in [5.74, 6) is 1.41. The van der Waals surface area contributed by atoms with Gasteiger partial charge in [0.05, 0.1) is 5.69 Å². The Hall–Kier alpha value is -1.71. The monoisotopic (exact) mass is 260 g/mol. The fourth-order valence-corrected chi connectivity index (χ4v) is 3.07. The van der Waals surface area contributed by atoms with Gasteiger partial charge in [-0.25, -0.2) is 0 Å². The number of hydrogen-bond acceptors (Lipinski definition) is 3. The molecule has 1 heterocycles. The van der Waals surface area contributed by atoms with Gasteiger partial charge in [-0.05, 0) is 37.8 Å². The Morgan fingerprint density at radius 2 is 2.11 bits per heavy atom. The Morgan fingerprint density at radius 1 is 1.37 bits per heavy atom. The molecule has 0 saturated heterocycles. The molecule has 1 aliphatic heterocycles. The lowest BCUT2D eigenvalue weighted by atomic mass is 10.1. The molecule has 1 saturated carbocycles. The summed E-state index contributed by atoms with van der Waals surface area (Å²) in [6.07, 6.45) is 4.60. The Bertz CT molecular complexity index is 495. The van der Waals surface area contributed by atoms with Crippen molar-refractivity contribution in [2.45, 2.75) is 38.7 Å². The third kappa shape index (κ3) is 2.27. The number of amides is 1. The second-order valence-corrected chi connectivity index (χ2v) is 5.59. The summed E-state index contributed by atoms with van der Waals surface area (Å²) in [7, 11) is 0. The minimum Gasteiger partial charge on any atom is -0.479 e. The second kappa shape index (κ2) is 4.76. The third-order valence-electron chi connectivity index (χ3n) is 4.11. The van der Waals surface area contributed by atoms with E-state index in [-0.39, 0.29) is 5.91 Å². The smallest absolute Gasteiger partial charge is 0.267 e. The van der Waals surface area contributed by atoms with E-state index in [2.05, 4.69) is 0 Å². The van der Waals surface area contributed by atoms with E-state index >= 15 is 0 Å². The van der Waals surface area contributed by atoms with Crippen LogP contribution in [0.5, 0.6) is 5.75 Å². The van der Waals surface area contributed by atoms with E-state index in [1.807, 2.05) is 17.0 Å². The molecular formula is C15H20N2O2. The first-order valence-electron chi connectivity index (χ1n) is 7.02. The van der Waals surface area contributed by atoms with Gasteiger partial charge in [0.1, 0.15) is 5.75 Å². The molecule has 0 bridgehead atoms. The molecule has 0 spiro atoms. The zero-order chi connectivity index (χ0) is 13.4. The van der Waals surface area contributed by atoms with Crippen molar-refractivity contribution in [2.75, 3.05) is 17.2 Å². The normalized spacial score (nSPS) is 23.3. The number of nitrogens with two attached hydrogens (primary N) is 1. The van der Waals surface area contributed by atoms with Gasteiger partial charge in [0, 0.05) is 18.3 Å². The summed E-state index contributed by atoms with van der Waals surface area (Å²) < 4.78 is 5.65. The lowest BCUT2D eigenvalue weighted by Gasteiger charge is -2.34. The average Bonchev–Trinajstić information content (AvgIpc) is 2.87. The molecule has 0 radical (unpaired) electrons. The predicted octanol–water partition coefficient (Wildman–Crippen LogP) is 2.57. The maximum Gasteiger partial charge on any atom is 0.267 e. The van der Waals surface area contributed by atoms with Crippen molar-refractivity contribution < 1.29 is 9.53 Å². The number of nitrogen functional groups attached to an aromatic ring is 1. The molecule has 0 aromatic heterocycles. The number of ether oxygens (including phenoxy) is 1. The van der Waals surface area contributed by atoms with Crippen molar-refractivity contribution in [3.05, 3.63) is 18.2 Å². The van der Waals surface area contributed by atoms with E-state index in [1.165, 1.54) is 25.7 Å². The van der Waals surface area contributed by atoms with Crippen LogP contribution >= 0.6 is 0 Å². The number of nitrogens with zero attached hydrogens (tertiary/aromatic N) is 1. The van der Waals surface area contributed by atoms with Crippen molar-refractivity contribution in [3.63, 3.8) is 0 Å². The second-order valence-electron chi connectivity index (χ2n) is 5.59. The first kappa shape index (κ1) is 12.3. The quantitative estimate of drug-likeness (QED) is 0.831. The van der Waals surface area contributed by atoms with E-state index in [4.69, 9.17) is 10.5 Å². The molecule has 102 valence electrons. The standard InChI is InChI=1S/C15H20N2O2/c1-10-15(18)17(9-11-4-2-3-5-11)13-7-6-12(16)8-14(13)19-10/h6-8,10-11H,2-5,9,16H2,1H3.